The molecular weight excluding hydrogens is 252 g/mol. The summed E-state index contributed by atoms with van der Waals surface area (Å²) >= 11 is 0. The van der Waals surface area contributed by atoms with Gasteiger partial charge >= 0.3 is 0 Å². The van der Waals surface area contributed by atoms with Gasteiger partial charge in [-0.05, 0) is 44.4 Å². The van der Waals surface area contributed by atoms with Crippen molar-refractivity contribution in [1.29, 1.82) is 0 Å². The molecule has 2 aliphatic heterocycles. The molecule has 0 radical (unpaired) electrons. The third kappa shape index (κ3) is 2.58. The molecule has 1 aromatic carbocycles. The van der Waals surface area contributed by atoms with E-state index in [4.69, 9.17) is 4.74 Å². The SMILES string of the molecule is CC1NC(C)(C)COC1c1ccc2c(c1)CCC(=O)N2. The topological polar surface area (TPSA) is 50.4 Å². The Hall–Kier alpha value is -1.39. The highest BCUT2D eigenvalue weighted by molar-refractivity contribution is 5.93. The van der Waals surface area contributed by atoms with Crippen molar-refractivity contribution in [3.63, 3.8) is 0 Å². The molecule has 0 aliphatic carbocycles. The van der Waals surface area contributed by atoms with Crippen molar-refractivity contribution >= 4 is 11.6 Å². The predicted octanol–water partition coefficient (Wildman–Crippen LogP) is 2.40. The second-order valence-corrected chi connectivity index (χ2v) is 6.51. The summed E-state index contributed by atoms with van der Waals surface area (Å²) in [5.74, 6) is 0.107. The summed E-state index contributed by atoms with van der Waals surface area (Å²) in [5, 5.41) is 6.52. The number of aryl methyl sites for hydroxylation is 1. The molecule has 20 heavy (non-hydrogen) atoms. The molecule has 2 N–H and O–H groups in total. The minimum absolute atomic E-state index is 0.0259. The van der Waals surface area contributed by atoms with Crippen LogP contribution < -0.4 is 10.6 Å². The normalized spacial score (nSPS) is 28.6. The number of morpholine rings is 1. The largest absolute Gasteiger partial charge is 0.370 e. The van der Waals surface area contributed by atoms with Crippen molar-refractivity contribution in [3.8, 4) is 0 Å². The van der Waals surface area contributed by atoms with Crippen LogP contribution in [0.1, 0.15) is 44.4 Å². The molecule has 4 nitrogen and oxygen atoms in total. The number of rotatable bonds is 1. The maximum Gasteiger partial charge on any atom is 0.224 e. The van der Waals surface area contributed by atoms with E-state index in [0.29, 0.717) is 13.0 Å². The standard InChI is InChI=1S/C16H22N2O2/c1-10-15(20-9-16(2,3)18-10)12-4-6-13-11(8-12)5-7-14(19)17-13/h4,6,8,10,15,18H,5,7,9H2,1-3H3,(H,17,19). The van der Waals surface area contributed by atoms with Crippen LogP contribution in [0.15, 0.2) is 18.2 Å². The van der Waals surface area contributed by atoms with Crippen LogP contribution in [-0.4, -0.2) is 24.1 Å². The van der Waals surface area contributed by atoms with E-state index in [2.05, 4.69) is 43.5 Å². The van der Waals surface area contributed by atoms with Gasteiger partial charge in [0.1, 0.15) is 0 Å². The number of carbonyl (C=O) groups is 1. The Morgan fingerprint density at radius 2 is 2.10 bits per heavy atom. The Bertz CT molecular complexity index is 539. The Kier molecular flexibility index (Phi) is 3.30. The van der Waals surface area contributed by atoms with E-state index in [9.17, 15) is 4.79 Å². The van der Waals surface area contributed by atoms with Crippen molar-refractivity contribution < 1.29 is 9.53 Å². The van der Waals surface area contributed by atoms with Crippen LogP contribution in [0.4, 0.5) is 5.69 Å². The van der Waals surface area contributed by atoms with Gasteiger partial charge in [0, 0.05) is 23.7 Å². The van der Waals surface area contributed by atoms with E-state index in [1.165, 1.54) is 11.1 Å². The first-order valence-corrected chi connectivity index (χ1v) is 7.27. The summed E-state index contributed by atoms with van der Waals surface area (Å²) < 4.78 is 6.05. The number of anilines is 1. The Morgan fingerprint density at radius 1 is 1.30 bits per heavy atom. The summed E-state index contributed by atoms with van der Waals surface area (Å²) in [6, 6.07) is 6.51. The fourth-order valence-corrected chi connectivity index (χ4v) is 3.14. The highest BCUT2D eigenvalue weighted by atomic mass is 16.5. The smallest absolute Gasteiger partial charge is 0.224 e. The van der Waals surface area contributed by atoms with E-state index in [-0.39, 0.29) is 23.6 Å². The fraction of sp³-hybridized carbons (Fsp3) is 0.562. The van der Waals surface area contributed by atoms with Crippen LogP contribution in [0.3, 0.4) is 0 Å². The van der Waals surface area contributed by atoms with Gasteiger partial charge in [0.2, 0.25) is 5.91 Å². The molecule has 108 valence electrons. The van der Waals surface area contributed by atoms with Crippen molar-refractivity contribution in [2.24, 2.45) is 0 Å². The molecule has 1 amide bonds. The quantitative estimate of drug-likeness (QED) is 0.827. The molecule has 0 bridgehead atoms. The minimum Gasteiger partial charge on any atom is -0.370 e. The summed E-state index contributed by atoms with van der Waals surface area (Å²) in [4.78, 5) is 11.4. The van der Waals surface area contributed by atoms with Gasteiger partial charge in [-0.3, -0.25) is 4.79 Å². The van der Waals surface area contributed by atoms with Gasteiger partial charge in [-0.2, -0.15) is 0 Å². The molecule has 4 heteroatoms. The van der Waals surface area contributed by atoms with E-state index in [1.54, 1.807) is 0 Å². The molecule has 1 saturated heterocycles. The van der Waals surface area contributed by atoms with Crippen LogP contribution in [-0.2, 0) is 16.0 Å². The van der Waals surface area contributed by atoms with E-state index < -0.39 is 0 Å². The summed E-state index contributed by atoms with van der Waals surface area (Å²) in [6.07, 6.45) is 1.46. The second-order valence-electron chi connectivity index (χ2n) is 6.51. The minimum atomic E-state index is 0.0259. The van der Waals surface area contributed by atoms with Gasteiger partial charge in [0.25, 0.3) is 0 Å². The van der Waals surface area contributed by atoms with Crippen molar-refractivity contribution in [2.75, 3.05) is 11.9 Å². The van der Waals surface area contributed by atoms with Gasteiger partial charge in [-0.1, -0.05) is 12.1 Å². The van der Waals surface area contributed by atoms with Crippen molar-refractivity contribution in [1.82, 2.24) is 5.32 Å². The Labute approximate surface area is 119 Å². The fourth-order valence-electron chi connectivity index (χ4n) is 3.14. The summed E-state index contributed by atoms with van der Waals surface area (Å²) in [5.41, 5.74) is 3.37. The summed E-state index contributed by atoms with van der Waals surface area (Å²) in [6.45, 7) is 7.17. The first kappa shape index (κ1) is 13.6. The third-order valence-corrected chi connectivity index (χ3v) is 4.05. The van der Waals surface area contributed by atoms with E-state index >= 15 is 0 Å². The van der Waals surface area contributed by atoms with Crippen LogP contribution in [0.5, 0.6) is 0 Å². The van der Waals surface area contributed by atoms with Crippen LogP contribution >= 0.6 is 0 Å². The first-order valence-electron chi connectivity index (χ1n) is 7.27. The highest BCUT2D eigenvalue weighted by Crippen LogP contribution is 2.32. The number of benzene rings is 1. The van der Waals surface area contributed by atoms with Gasteiger partial charge in [0.05, 0.1) is 12.7 Å². The average Bonchev–Trinajstić information content (AvgIpc) is 2.37. The number of amides is 1. The lowest BCUT2D eigenvalue weighted by Crippen LogP contribution is -2.55. The van der Waals surface area contributed by atoms with E-state index in [0.717, 1.165) is 12.1 Å². The molecular formula is C16H22N2O2. The van der Waals surface area contributed by atoms with Crippen LogP contribution in [0.2, 0.25) is 0 Å². The molecule has 2 unspecified atom stereocenters. The molecule has 1 aromatic rings. The van der Waals surface area contributed by atoms with Crippen molar-refractivity contribution in [3.05, 3.63) is 29.3 Å². The molecule has 2 heterocycles. The zero-order valence-corrected chi connectivity index (χ0v) is 12.3. The molecule has 2 aliphatic rings. The number of ether oxygens (including phenoxy) is 1. The van der Waals surface area contributed by atoms with Crippen molar-refractivity contribution in [2.45, 2.75) is 51.3 Å². The van der Waals surface area contributed by atoms with Gasteiger partial charge < -0.3 is 15.4 Å². The average molecular weight is 274 g/mol. The van der Waals surface area contributed by atoms with Gasteiger partial charge in [-0.25, -0.2) is 0 Å². The molecule has 0 spiro atoms. The lowest BCUT2D eigenvalue weighted by Gasteiger charge is -2.41. The highest BCUT2D eigenvalue weighted by Gasteiger charge is 2.33. The maximum absolute atomic E-state index is 11.4. The number of hydrogen-bond acceptors (Lipinski definition) is 3. The van der Waals surface area contributed by atoms with Crippen LogP contribution in [0, 0.1) is 0 Å². The molecule has 0 aromatic heterocycles. The molecule has 3 rings (SSSR count). The lowest BCUT2D eigenvalue weighted by atomic mass is 9.93. The summed E-state index contributed by atoms with van der Waals surface area (Å²) in [7, 11) is 0. The lowest BCUT2D eigenvalue weighted by molar-refractivity contribution is -0.116. The molecule has 1 fully saturated rings. The first-order chi connectivity index (χ1) is 9.44. The monoisotopic (exact) mass is 274 g/mol. The van der Waals surface area contributed by atoms with Gasteiger partial charge in [0.15, 0.2) is 0 Å². The van der Waals surface area contributed by atoms with E-state index in [1.807, 2.05) is 6.07 Å². The number of nitrogens with one attached hydrogen (secondary N) is 2. The van der Waals surface area contributed by atoms with Crippen LogP contribution in [0.25, 0.3) is 0 Å². The molecule has 0 saturated carbocycles. The zero-order valence-electron chi connectivity index (χ0n) is 12.3. The number of hydrogen-bond donors (Lipinski definition) is 2. The predicted molar refractivity (Wildman–Crippen MR) is 78.8 cm³/mol. The third-order valence-electron chi connectivity index (χ3n) is 4.05. The maximum atomic E-state index is 11.4. The number of carbonyl (C=O) groups excluding carboxylic acids is 1. The Balaban J connectivity index is 1.83. The Morgan fingerprint density at radius 3 is 2.85 bits per heavy atom. The zero-order chi connectivity index (χ0) is 14.3. The van der Waals surface area contributed by atoms with Gasteiger partial charge in [-0.15, -0.1) is 0 Å². The number of fused-ring (bicyclic) bond motifs is 1. The molecule has 2 atom stereocenters. The second kappa shape index (κ2) is 4.86.